The third-order valence-corrected chi connectivity index (χ3v) is 4.95. The number of rotatable bonds is 5. The van der Waals surface area contributed by atoms with Crippen LogP contribution in [0.2, 0.25) is 0 Å². The minimum absolute atomic E-state index is 0.197. The topological polar surface area (TPSA) is 55.3 Å². The molecule has 0 spiro atoms. The van der Waals surface area contributed by atoms with E-state index in [1.165, 1.54) is 12.1 Å². The lowest BCUT2D eigenvalue weighted by molar-refractivity contribution is -0.0561. The summed E-state index contributed by atoms with van der Waals surface area (Å²) in [4.78, 5) is 0. The summed E-state index contributed by atoms with van der Waals surface area (Å²) < 4.78 is 42.0. The Morgan fingerprint density at radius 1 is 1.33 bits per heavy atom. The van der Waals surface area contributed by atoms with Crippen molar-refractivity contribution >= 4 is 11.4 Å². The van der Waals surface area contributed by atoms with Gasteiger partial charge in [-0.15, -0.1) is 4.72 Å². The summed E-state index contributed by atoms with van der Waals surface area (Å²) in [5.41, 5.74) is 0.860. The summed E-state index contributed by atoms with van der Waals surface area (Å²) in [5, 5.41) is 8.84. The van der Waals surface area contributed by atoms with Crippen molar-refractivity contribution in [2.24, 2.45) is 0 Å². The summed E-state index contributed by atoms with van der Waals surface area (Å²) in [6.07, 6.45) is 0. The number of alkyl halides is 2. The van der Waals surface area contributed by atoms with E-state index in [0.29, 0.717) is 11.1 Å². The molecule has 2 N–H and O–H groups in total. The Morgan fingerprint density at radius 3 is 2.38 bits per heavy atom. The van der Waals surface area contributed by atoms with E-state index in [9.17, 15) is 13.3 Å². The Morgan fingerprint density at radius 2 is 1.90 bits per heavy atom. The normalized spacial score (nSPS) is 15.9. The molecule has 0 saturated heterocycles. The predicted octanol–water partition coefficient (Wildman–Crippen LogP) is 3.19. The molecule has 0 fully saturated rings. The zero-order valence-corrected chi connectivity index (χ0v) is 13.9. The summed E-state index contributed by atoms with van der Waals surface area (Å²) in [6, 6.07) is 4.23. The van der Waals surface area contributed by atoms with Crippen molar-refractivity contribution in [2.45, 2.75) is 51.3 Å². The van der Waals surface area contributed by atoms with Crippen LogP contribution in [0.5, 0.6) is 0 Å². The number of aliphatic hydroxyl groups is 1. The zero-order valence-electron chi connectivity index (χ0n) is 13.0. The molecule has 1 aromatic carbocycles. The lowest BCUT2D eigenvalue weighted by atomic mass is 9.95. The molecular formula is C15H23F2NO2S. The van der Waals surface area contributed by atoms with Gasteiger partial charge in [-0.25, -0.2) is 0 Å². The van der Waals surface area contributed by atoms with E-state index in [1.807, 2.05) is 20.8 Å². The summed E-state index contributed by atoms with van der Waals surface area (Å²) in [7, 11) is 0. The first-order valence-corrected chi connectivity index (χ1v) is 7.92. The van der Waals surface area contributed by atoms with E-state index >= 15 is 0 Å². The molecule has 6 heteroatoms. The highest BCUT2D eigenvalue weighted by molar-refractivity contribution is 7.90. The molecule has 0 aliphatic rings. The third-order valence-electron chi connectivity index (χ3n) is 3.27. The minimum Gasteiger partial charge on any atom is -0.598 e. The third kappa shape index (κ3) is 4.39. The van der Waals surface area contributed by atoms with Crippen LogP contribution in [-0.2, 0) is 17.3 Å². The lowest BCUT2D eigenvalue weighted by Crippen LogP contribution is -2.40. The van der Waals surface area contributed by atoms with Gasteiger partial charge in [0.1, 0.15) is 11.4 Å². The average Bonchev–Trinajstić information content (AvgIpc) is 2.37. The highest BCUT2D eigenvalue weighted by Crippen LogP contribution is 2.33. The van der Waals surface area contributed by atoms with Gasteiger partial charge >= 0.3 is 0 Å². The van der Waals surface area contributed by atoms with Crippen LogP contribution in [0.4, 0.5) is 8.78 Å². The fourth-order valence-electron chi connectivity index (χ4n) is 2.00. The molecule has 0 amide bonds. The average molecular weight is 319 g/mol. The fourth-order valence-corrected chi connectivity index (χ4v) is 2.81. The van der Waals surface area contributed by atoms with Crippen LogP contribution in [-0.4, -0.2) is 21.0 Å². The van der Waals surface area contributed by atoms with Crippen LogP contribution in [0, 0.1) is 6.92 Å². The smallest absolute Gasteiger partial charge is 0.296 e. The fraction of sp³-hybridized carbons (Fsp3) is 0.600. The standard InChI is InChI=1S/C15H23F2NO2S/c1-10-12(11(2)18-21(20)14(3,4)5)7-6-8-13(10)15(16,17)9-19/h6-8,11,18-19H,9H2,1-5H3/t11-,21?/m0/s1. The Labute approximate surface area is 128 Å². The van der Waals surface area contributed by atoms with Crippen molar-refractivity contribution in [3.8, 4) is 0 Å². The van der Waals surface area contributed by atoms with Gasteiger partial charge in [-0.3, -0.25) is 0 Å². The number of hydrogen-bond donors (Lipinski definition) is 2. The second-order valence-corrected chi connectivity index (χ2v) is 8.10. The minimum atomic E-state index is -3.27. The second kappa shape index (κ2) is 6.60. The van der Waals surface area contributed by atoms with E-state index in [2.05, 4.69) is 4.72 Å². The van der Waals surface area contributed by atoms with Crippen LogP contribution < -0.4 is 4.72 Å². The van der Waals surface area contributed by atoms with E-state index in [-0.39, 0.29) is 11.6 Å². The number of halogens is 2. The van der Waals surface area contributed by atoms with Gasteiger partial charge in [0, 0.05) is 16.9 Å². The van der Waals surface area contributed by atoms with Gasteiger partial charge in [-0.2, -0.15) is 8.78 Å². The molecule has 0 aromatic heterocycles. The second-order valence-electron chi connectivity index (χ2n) is 6.10. The predicted molar refractivity (Wildman–Crippen MR) is 81.6 cm³/mol. The zero-order chi connectivity index (χ0) is 16.4. The largest absolute Gasteiger partial charge is 0.598 e. The Bertz CT molecular complexity index is 489. The van der Waals surface area contributed by atoms with Gasteiger partial charge < -0.3 is 9.66 Å². The molecule has 2 atom stereocenters. The van der Waals surface area contributed by atoms with Crippen LogP contribution in [0.15, 0.2) is 18.2 Å². The Kier molecular flexibility index (Phi) is 5.77. The van der Waals surface area contributed by atoms with Crippen molar-refractivity contribution in [3.05, 3.63) is 34.9 Å². The molecule has 0 aliphatic carbocycles. The van der Waals surface area contributed by atoms with Crippen molar-refractivity contribution in [3.63, 3.8) is 0 Å². The molecule has 120 valence electrons. The van der Waals surface area contributed by atoms with E-state index < -0.39 is 28.6 Å². The maximum absolute atomic E-state index is 13.7. The first-order chi connectivity index (χ1) is 9.50. The van der Waals surface area contributed by atoms with Crippen molar-refractivity contribution in [2.75, 3.05) is 6.61 Å². The molecule has 0 aliphatic heterocycles. The first-order valence-electron chi connectivity index (χ1n) is 6.77. The maximum atomic E-state index is 13.7. The van der Waals surface area contributed by atoms with Crippen LogP contribution in [0.1, 0.15) is 50.4 Å². The van der Waals surface area contributed by atoms with E-state index in [0.717, 1.165) is 0 Å². The van der Waals surface area contributed by atoms with Gasteiger partial charge in [-0.1, -0.05) is 18.2 Å². The first kappa shape index (κ1) is 18.4. The quantitative estimate of drug-likeness (QED) is 0.820. The molecule has 21 heavy (non-hydrogen) atoms. The summed E-state index contributed by atoms with van der Waals surface area (Å²) in [6.45, 7) is 7.66. The van der Waals surface area contributed by atoms with E-state index in [1.54, 1.807) is 19.9 Å². The Balaban J connectivity index is 3.07. The molecule has 3 nitrogen and oxygen atoms in total. The van der Waals surface area contributed by atoms with Gasteiger partial charge in [0.25, 0.3) is 5.92 Å². The van der Waals surface area contributed by atoms with Crippen molar-refractivity contribution < 1.29 is 18.4 Å². The molecule has 1 aromatic rings. The highest BCUT2D eigenvalue weighted by Gasteiger charge is 2.34. The van der Waals surface area contributed by atoms with Crippen molar-refractivity contribution in [1.29, 1.82) is 0 Å². The molecule has 0 heterocycles. The SMILES string of the molecule is Cc1c([C@H](C)N[S+]([O-])C(C)(C)C)cccc1C(F)(F)CO. The van der Waals surface area contributed by atoms with Crippen LogP contribution in [0.25, 0.3) is 0 Å². The van der Waals surface area contributed by atoms with Gasteiger partial charge in [-0.05, 0) is 45.7 Å². The van der Waals surface area contributed by atoms with Gasteiger partial charge in [0.2, 0.25) is 0 Å². The number of nitrogens with one attached hydrogen (secondary N) is 1. The van der Waals surface area contributed by atoms with Crippen LogP contribution in [0.3, 0.4) is 0 Å². The number of aliphatic hydroxyl groups excluding tert-OH is 1. The number of hydrogen-bond acceptors (Lipinski definition) is 3. The Hall–Kier alpha value is -0.690. The molecule has 1 rings (SSSR count). The highest BCUT2D eigenvalue weighted by atomic mass is 32.2. The monoisotopic (exact) mass is 319 g/mol. The number of benzene rings is 1. The lowest BCUT2D eigenvalue weighted by Gasteiger charge is -2.28. The molecule has 1 unspecified atom stereocenters. The summed E-state index contributed by atoms with van der Waals surface area (Å²) in [5.74, 6) is -3.27. The molecular weight excluding hydrogens is 296 g/mol. The van der Waals surface area contributed by atoms with Gasteiger partial charge in [0.05, 0.1) is 6.04 Å². The van der Waals surface area contributed by atoms with Crippen LogP contribution >= 0.6 is 0 Å². The van der Waals surface area contributed by atoms with Crippen molar-refractivity contribution in [1.82, 2.24) is 4.72 Å². The van der Waals surface area contributed by atoms with Gasteiger partial charge in [0.15, 0.2) is 0 Å². The molecule has 0 saturated carbocycles. The summed E-state index contributed by atoms with van der Waals surface area (Å²) >= 11 is -1.29. The molecule has 0 radical (unpaired) electrons. The maximum Gasteiger partial charge on any atom is 0.296 e. The van der Waals surface area contributed by atoms with E-state index in [4.69, 9.17) is 5.11 Å². The molecule has 0 bridgehead atoms.